The van der Waals surface area contributed by atoms with Crippen LogP contribution in [0.2, 0.25) is 0 Å². The van der Waals surface area contributed by atoms with Crippen LogP contribution in [0.5, 0.6) is 0 Å². The van der Waals surface area contributed by atoms with Crippen LogP contribution >= 0.6 is 11.3 Å². The summed E-state index contributed by atoms with van der Waals surface area (Å²) in [7, 11) is 0. The van der Waals surface area contributed by atoms with Crippen LogP contribution in [-0.4, -0.2) is 33.4 Å². The van der Waals surface area contributed by atoms with Crippen molar-refractivity contribution in [1.82, 2.24) is 14.8 Å². The summed E-state index contributed by atoms with van der Waals surface area (Å²) >= 11 is 1.58. The number of carbonyl (C=O) groups is 2. The summed E-state index contributed by atoms with van der Waals surface area (Å²) in [5, 5.41) is 6.00. The number of hydrogen-bond acceptors (Lipinski definition) is 3. The van der Waals surface area contributed by atoms with Gasteiger partial charge < -0.3 is 14.8 Å². The third kappa shape index (κ3) is 3.62. The molecule has 3 heterocycles. The molecule has 5 nitrogen and oxygen atoms in total. The monoisotopic (exact) mass is 427 g/mol. The highest BCUT2D eigenvalue weighted by Crippen LogP contribution is 2.34. The molecule has 7 heteroatoms. The summed E-state index contributed by atoms with van der Waals surface area (Å²) < 4.78 is 15.1. The van der Waals surface area contributed by atoms with E-state index < -0.39 is 5.54 Å². The van der Waals surface area contributed by atoms with Gasteiger partial charge in [0.15, 0.2) is 0 Å². The van der Waals surface area contributed by atoms with E-state index >= 15 is 0 Å². The number of aromatic nitrogens is 1. The Kier molecular flexibility index (Phi) is 5.40. The van der Waals surface area contributed by atoms with Crippen LogP contribution in [0.1, 0.15) is 43.2 Å². The van der Waals surface area contributed by atoms with Crippen LogP contribution in [0, 0.1) is 11.7 Å². The lowest BCUT2D eigenvalue weighted by Crippen LogP contribution is -2.64. The average Bonchev–Trinajstić information content (AvgIpc) is 3.29. The van der Waals surface area contributed by atoms with Gasteiger partial charge in [-0.25, -0.2) is 4.39 Å². The van der Waals surface area contributed by atoms with Crippen LogP contribution in [0.4, 0.5) is 4.39 Å². The number of nitrogens with one attached hydrogen (secondary N) is 1. The second-order valence-corrected chi connectivity index (χ2v) is 9.41. The predicted molar refractivity (Wildman–Crippen MR) is 117 cm³/mol. The number of benzene rings is 1. The lowest BCUT2D eigenvalue weighted by Gasteiger charge is -2.44. The molecule has 0 bridgehead atoms. The maximum absolute atomic E-state index is 13.4. The zero-order chi connectivity index (χ0) is 21.5. The van der Waals surface area contributed by atoms with Crippen molar-refractivity contribution in [3.63, 3.8) is 0 Å². The molecule has 1 aliphatic heterocycles. The number of amides is 2. The number of rotatable bonds is 6. The Morgan fingerprint density at radius 2 is 2.00 bits per heavy atom. The Labute approximate surface area is 179 Å². The molecule has 4 rings (SSSR count). The van der Waals surface area contributed by atoms with Gasteiger partial charge >= 0.3 is 0 Å². The summed E-state index contributed by atoms with van der Waals surface area (Å²) in [5.41, 5.74) is 0.450. The van der Waals surface area contributed by atoms with E-state index in [1.165, 1.54) is 12.1 Å². The SMILES string of the molecule is CC(C)CCN1C(=O)c2cc3ccsc3n2CC1(C)C(=O)NCc1ccc(F)cc1. The van der Waals surface area contributed by atoms with E-state index in [-0.39, 0.29) is 24.2 Å². The molecular formula is C23H26FN3O2S. The minimum Gasteiger partial charge on any atom is -0.350 e. The molecule has 3 aromatic rings. The first-order valence-electron chi connectivity index (χ1n) is 10.2. The minimum atomic E-state index is -1.01. The summed E-state index contributed by atoms with van der Waals surface area (Å²) in [6, 6.07) is 9.98. The molecule has 0 spiro atoms. The van der Waals surface area contributed by atoms with Gasteiger partial charge in [-0.05, 0) is 54.5 Å². The normalized spacial score (nSPS) is 18.8. The molecule has 1 atom stereocenters. The summed E-state index contributed by atoms with van der Waals surface area (Å²) in [6.45, 7) is 7.28. The van der Waals surface area contributed by atoms with Gasteiger partial charge in [0.1, 0.15) is 21.9 Å². The molecule has 0 radical (unpaired) electrons. The highest BCUT2D eigenvalue weighted by Gasteiger charge is 2.47. The van der Waals surface area contributed by atoms with Crippen molar-refractivity contribution in [1.29, 1.82) is 0 Å². The Bertz CT molecular complexity index is 1090. The largest absolute Gasteiger partial charge is 0.350 e. The molecule has 30 heavy (non-hydrogen) atoms. The van der Waals surface area contributed by atoms with Crippen LogP contribution in [0.15, 0.2) is 41.8 Å². The smallest absolute Gasteiger partial charge is 0.271 e. The highest BCUT2D eigenvalue weighted by molar-refractivity contribution is 7.16. The zero-order valence-corrected chi connectivity index (χ0v) is 18.3. The van der Waals surface area contributed by atoms with E-state index in [2.05, 4.69) is 19.2 Å². The molecule has 2 amide bonds. The van der Waals surface area contributed by atoms with Crippen molar-refractivity contribution < 1.29 is 14.0 Å². The van der Waals surface area contributed by atoms with Crippen molar-refractivity contribution in [3.05, 3.63) is 58.9 Å². The number of hydrogen-bond donors (Lipinski definition) is 1. The number of halogens is 1. The van der Waals surface area contributed by atoms with Gasteiger partial charge in [-0.3, -0.25) is 9.59 Å². The summed E-state index contributed by atoms with van der Waals surface area (Å²) in [4.78, 5) is 29.5. The van der Waals surface area contributed by atoms with Gasteiger partial charge in [0.2, 0.25) is 5.91 Å². The van der Waals surface area contributed by atoms with Crippen molar-refractivity contribution in [3.8, 4) is 0 Å². The maximum atomic E-state index is 13.4. The highest BCUT2D eigenvalue weighted by atomic mass is 32.1. The van der Waals surface area contributed by atoms with Gasteiger partial charge in [-0.1, -0.05) is 26.0 Å². The van der Waals surface area contributed by atoms with E-state index in [1.54, 1.807) is 28.4 Å². The van der Waals surface area contributed by atoms with Gasteiger partial charge in [0, 0.05) is 18.5 Å². The van der Waals surface area contributed by atoms with Crippen LogP contribution in [-0.2, 0) is 17.9 Å². The lowest BCUT2D eigenvalue weighted by atomic mass is 9.93. The quantitative estimate of drug-likeness (QED) is 0.633. The Morgan fingerprint density at radius 3 is 2.70 bits per heavy atom. The molecule has 0 aliphatic carbocycles. The first-order valence-corrected chi connectivity index (χ1v) is 11.1. The third-order valence-electron chi connectivity index (χ3n) is 5.81. The summed E-state index contributed by atoms with van der Waals surface area (Å²) in [5.74, 6) is -0.200. The molecule has 1 N–H and O–H groups in total. The molecule has 158 valence electrons. The zero-order valence-electron chi connectivity index (χ0n) is 17.4. The first-order chi connectivity index (χ1) is 14.3. The average molecular weight is 428 g/mol. The number of nitrogens with zero attached hydrogens (tertiary/aromatic N) is 2. The van der Waals surface area contributed by atoms with Crippen molar-refractivity contribution in [2.45, 2.75) is 45.8 Å². The van der Waals surface area contributed by atoms with Crippen molar-refractivity contribution >= 4 is 33.4 Å². The maximum Gasteiger partial charge on any atom is 0.271 e. The molecule has 0 saturated carbocycles. The second-order valence-electron chi connectivity index (χ2n) is 8.52. The van der Waals surface area contributed by atoms with Crippen LogP contribution < -0.4 is 5.32 Å². The van der Waals surface area contributed by atoms with E-state index in [1.807, 2.05) is 29.0 Å². The molecular weight excluding hydrogens is 401 g/mol. The van der Waals surface area contributed by atoms with Gasteiger partial charge in [-0.15, -0.1) is 11.3 Å². The minimum absolute atomic E-state index is 0.107. The van der Waals surface area contributed by atoms with E-state index in [0.717, 1.165) is 22.2 Å². The first kappa shape index (κ1) is 20.6. The van der Waals surface area contributed by atoms with E-state index in [9.17, 15) is 14.0 Å². The van der Waals surface area contributed by atoms with E-state index in [0.29, 0.717) is 24.7 Å². The lowest BCUT2D eigenvalue weighted by molar-refractivity contribution is -0.133. The second kappa shape index (κ2) is 7.87. The standard InChI is InChI=1S/C23H26FN3O2S/c1-15(2)8-10-27-20(28)19-12-17-9-11-30-21(17)26(19)14-23(27,3)22(29)25-13-16-4-6-18(24)7-5-16/h4-7,9,11-12,15H,8,10,13-14H2,1-3H3,(H,25,29). The number of thiophene rings is 1. The molecule has 0 saturated heterocycles. The molecule has 0 fully saturated rings. The summed E-state index contributed by atoms with van der Waals surface area (Å²) in [6.07, 6.45) is 0.821. The number of carbonyl (C=O) groups excluding carboxylic acids is 2. The third-order valence-corrected chi connectivity index (χ3v) is 6.77. The van der Waals surface area contributed by atoms with Gasteiger partial charge in [-0.2, -0.15) is 0 Å². The van der Waals surface area contributed by atoms with Crippen molar-refractivity contribution in [2.75, 3.05) is 6.54 Å². The Balaban J connectivity index is 1.64. The molecule has 1 aliphatic rings. The predicted octanol–water partition coefficient (Wildman–Crippen LogP) is 4.42. The van der Waals surface area contributed by atoms with Gasteiger partial charge in [0.25, 0.3) is 5.91 Å². The topological polar surface area (TPSA) is 54.3 Å². The Hall–Kier alpha value is -2.67. The van der Waals surface area contributed by atoms with E-state index in [4.69, 9.17) is 0 Å². The molecule has 1 unspecified atom stereocenters. The fourth-order valence-corrected chi connectivity index (χ4v) is 4.87. The van der Waals surface area contributed by atoms with Gasteiger partial charge in [0.05, 0.1) is 6.54 Å². The van der Waals surface area contributed by atoms with Crippen molar-refractivity contribution in [2.24, 2.45) is 5.92 Å². The molecule has 2 aromatic heterocycles. The van der Waals surface area contributed by atoms with Crippen LogP contribution in [0.25, 0.3) is 10.2 Å². The number of fused-ring (bicyclic) bond motifs is 3. The fourth-order valence-electron chi connectivity index (χ4n) is 3.97. The Morgan fingerprint density at radius 1 is 1.27 bits per heavy atom. The fraction of sp³-hybridized carbons (Fsp3) is 0.391. The molecule has 1 aromatic carbocycles. The van der Waals surface area contributed by atoms with Crippen LogP contribution in [0.3, 0.4) is 0 Å².